The fraction of sp³-hybridized carbons (Fsp3) is 0.944. The van der Waals surface area contributed by atoms with Crippen LogP contribution in [-0.2, 0) is 14.3 Å². The number of Topliss-reactive ketones (excluding diaryl/α,β-unsaturated/α-hetero) is 1. The first-order valence-electron chi connectivity index (χ1n) is 8.11. The number of rotatable bonds is 1. The predicted octanol–water partition coefficient (Wildman–Crippen LogP) is 3.60. The van der Waals surface area contributed by atoms with Crippen LogP contribution < -0.4 is 0 Å². The van der Waals surface area contributed by atoms with Crippen LogP contribution >= 0.6 is 0 Å². The monoisotopic (exact) mass is 294 g/mol. The first kappa shape index (κ1) is 15.5. The molecule has 120 valence electrons. The highest BCUT2D eigenvalue weighted by Crippen LogP contribution is 2.77. The lowest BCUT2D eigenvalue weighted by Gasteiger charge is -2.64. The van der Waals surface area contributed by atoms with Crippen molar-refractivity contribution in [3.8, 4) is 0 Å². The molecule has 0 aromatic heterocycles. The minimum absolute atomic E-state index is 0.174. The first-order valence-corrected chi connectivity index (χ1v) is 8.11. The van der Waals surface area contributed by atoms with E-state index < -0.39 is 10.8 Å². The van der Waals surface area contributed by atoms with Crippen molar-refractivity contribution in [1.82, 2.24) is 0 Å². The van der Waals surface area contributed by atoms with Crippen molar-refractivity contribution in [2.45, 2.75) is 79.6 Å². The molecule has 0 unspecified atom stereocenters. The summed E-state index contributed by atoms with van der Waals surface area (Å²) < 4.78 is 12.2. The molecule has 21 heavy (non-hydrogen) atoms. The van der Waals surface area contributed by atoms with Gasteiger partial charge in [0.1, 0.15) is 17.0 Å². The van der Waals surface area contributed by atoms with E-state index in [1.807, 2.05) is 0 Å². The molecule has 0 aromatic rings. The summed E-state index contributed by atoms with van der Waals surface area (Å²) in [5.41, 5.74) is -2.04. The zero-order chi connectivity index (χ0) is 16.3. The average Bonchev–Trinajstić information content (AvgIpc) is 3.24. The number of carbonyl (C=O) groups is 1. The molecule has 3 nitrogen and oxygen atoms in total. The van der Waals surface area contributed by atoms with Gasteiger partial charge in [0.15, 0.2) is 0 Å². The van der Waals surface area contributed by atoms with E-state index in [9.17, 15) is 4.79 Å². The summed E-state index contributed by atoms with van der Waals surface area (Å²) in [5, 5.41) is 0. The van der Waals surface area contributed by atoms with E-state index in [1.165, 1.54) is 0 Å². The molecular formula is C18H30O3. The molecule has 3 fully saturated rings. The van der Waals surface area contributed by atoms with E-state index in [-0.39, 0.29) is 28.1 Å². The summed E-state index contributed by atoms with van der Waals surface area (Å²) >= 11 is 0. The smallest absolute Gasteiger partial charge is 0.145 e. The van der Waals surface area contributed by atoms with Crippen molar-refractivity contribution in [1.29, 1.82) is 0 Å². The topological polar surface area (TPSA) is 42.1 Å². The molecule has 2 saturated heterocycles. The Balaban J connectivity index is 2.28. The molecule has 0 bridgehead atoms. The number of hydrogen-bond acceptors (Lipinski definition) is 3. The number of ether oxygens (including phenoxy) is 2. The minimum atomic E-state index is -0.484. The molecule has 1 aliphatic carbocycles. The summed E-state index contributed by atoms with van der Waals surface area (Å²) in [5.74, 6) is 0.326. The number of epoxide rings is 2. The molecule has 1 saturated carbocycles. The molecular weight excluding hydrogens is 264 g/mol. The highest BCUT2D eigenvalue weighted by Gasteiger charge is 2.87. The fourth-order valence-electron chi connectivity index (χ4n) is 5.53. The van der Waals surface area contributed by atoms with Gasteiger partial charge in [0.05, 0.1) is 12.7 Å². The van der Waals surface area contributed by atoms with Gasteiger partial charge in [0.2, 0.25) is 0 Å². The molecule has 2 aliphatic heterocycles. The van der Waals surface area contributed by atoms with Gasteiger partial charge in [-0.3, -0.25) is 4.79 Å². The lowest BCUT2D eigenvalue weighted by molar-refractivity contribution is -0.203. The van der Waals surface area contributed by atoms with E-state index in [0.29, 0.717) is 5.78 Å². The maximum atomic E-state index is 13.4. The minimum Gasteiger partial charge on any atom is -0.368 e. The second-order valence-electron chi connectivity index (χ2n) is 9.31. The number of ketones is 1. The van der Waals surface area contributed by atoms with Crippen molar-refractivity contribution in [2.75, 3.05) is 6.61 Å². The van der Waals surface area contributed by atoms with Crippen molar-refractivity contribution in [3.05, 3.63) is 0 Å². The van der Waals surface area contributed by atoms with Gasteiger partial charge >= 0.3 is 0 Å². The van der Waals surface area contributed by atoms with Gasteiger partial charge in [-0.1, -0.05) is 48.5 Å². The van der Waals surface area contributed by atoms with E-state index >= 15 is 0 Å². The third-order valence-electron chi connectivity index (χ3n) is 8.33. The maximum Gasteiger partial charge on any atom is 0.145 e. The second-order valence-corrected chi connectivity index (χ2v) is 9.31. The number of carbonyl (C=O) groups excluding carboxylic acids is 1. The molecule has 0 aromatic carbocycles. The Kier molecular flexibility index (Phi) is 2.51. The molecule has 1 spiro atoms. The van der Waals surface area contributed by atoms with Crippen LogP contribution in [0.5, 0.6) is 0 Å². The lowest BCUT2D eigenvalue weighted by Crippen LogP contribution is -2.73. The average molecular weight is 294 g/mol. The highest BCUT2D eigenvalue weighted by atomic mass is 16.6. The fourth-order valence-corrected chi connectivity index (χ4v) is 5.53. The van der Waals surface area contributed by atoms with Gasteiger partial charge in [-0.15, -0.1) is 0 Å². The van der Waals surface area contributed by atoms with Crippen LogP contribution in [0, 0.1) is 21.7 Å². The van der Waals surface area contributed by atoms with Crippen LogP contribution in [0.15, 0.2) is 0 Å². The standard InChI is InChI=1S/C18H30O3/c1-11-16(8,21-11)17(9)14(4,5)12(19)13(2,3)15(6,7)18(17)10-20-18/h11H,10H2,1-9H3/t11-,16+,17-,18-/m1/s1. The van der Waals surface area contributed by atoms with Crippen LogP contribution in [0.1, 0.15) is 62.3 Å². The normalized spacial score (nSPS) is 52.8. The van der Waals surface area contributed by atoms with E-state index in [2.05, 4.69) is 62.3 Å². The summed E-state index contributed by atoms with van der Waals surface area (Å²) in [4.78, 5) is 13.4. The summed E-state index contributed by atoms with van der Waals surface area (Å²) in [6.45, 7) is 20.0. The van der Waals surface area contributed by atoms with Crippen LogP contribution in [0.3, 0.4) is 0 Å². The zero-order valence-electron chi connectivity index (χ0n) is 15.0. The molecule has 0 amide bonds. The third-order valence-corrected chi connectivity index (χ3v) is 8.33. The van der Waals surface area contributed by atoms with Gasteiger partial charge in [0.25, 0.3) is 0 Å². The summed E-state index contributed by atoms with van der Waals surface area (Å²) in [7, 11) is 0. The zero-order valence-corrected chi connectivity index (χ0v) is 15.0. The van der Waals surface area contributed by atoms with Crippen LogP contribution in [0.4, 0.5) is 0 Å². The Bertz CT molecular complexity index is 527. The van der Waals surface area contributed by atoms with Gasteiger partial charge < -0.3 is 9.47 Å². The maximum absolute atomic E-state index is 13.4. The first-order chi connectivity index (χ1) is 9.24. The summed E-state index contributed by atoms with van der Waals surface area (Å²) in [6.07, 6.45) is 0.174. The van der Waals surface area contributed by atoms with Gasteiger partial charge in [-0.25, -0.2) is 0 Å². The number of hydrogen-bond donors (Lipinski definition) is 0. The van der Waals surface area contributed by atoms with Gasteiger partial charge in [-0.05, 0) is 13.8 Å². The predicted molar refractivity (Wildman–Crippen MR) is 82.1 cm³/mol. The molecule has 0 N–H and O–H groups in total. The molecule has 3 heteroatoms. The lowest BCUT2D eigenvalue weighted by atomic mass is 9.36. The van der Waals surface area contributed by atoms with Gasteiger partial charge in [-0.2, -0.15) is 0 Å². The van der Waals surface area contributed by atoms with E-state index in [0.717, 1.165) is 6.61 Å². The van der Waals surface area contributed by atoms with Gasteiger partial charge in [0, 0.05) is 21.7 Å². The molecule has 2 heterocycles. The SMILES string of the molecule is C[C@H]1O[C@]1(C)[C@@]1(C)C(C)(C)C(=O)C(C)(C)C(C)(C)[C@]12CO2. The van der Waals surface area contributed by atoms with E-state index in [1.54, 1.807) is 0 Å². The van der Waals surface area contributed by atoms with Crippen LogP contribution in [0.2, 0.25) is 0 Å². The third kappa shape index (κ3) is 1.22. The van der Waals surface area contributed by atoms with Crippen molar-refractivity contribution >= 4 is 5.78 Å². The molecule has 3 aliphatic rings. The van der Waals surface area contributed by atoms with Crippen molar-refractivity contribution in [3.63, 3.8) is 0 Å². The Morgan fingerprint density at radius 2 is 1.38 bits per heavy atom. The Hall–Kier alpha value is -0.410. The molecule has 4 atom stereocenters. The largest absolute Gasteiger partial charge is 0.368 e. The van der Waals surface area contributed by atoms with Crippen LogP contribution in [-0.4, -0.2) is 29.7 Å². The summed E-state index contributed by atoms with van der Waals surface area (Å²) in [6, 6.07) is 0. The quantitative estimate of drug-likeness (QED) is 0.694. The van der Waals surface area contributed by atoms with Crippen molar-refractivity contribution in [2.24, 2.45) is 21.7 Å². The molecule has 3 rings (SSSR count). The van der Waals surface area contributed by atoms with Crippen molar-refractivity contribution < 1.29 is 14.3 Å². The van der Waals surface area contributed by atoms with E-state index in [4.69, 9.17) is 9.47 Å². The Morgan fingerprint density at radius 3 is 1.71 bits per heavy atom. The second kappa shape index (κ2) is 3.41. The Morgan fingerprint density at radius 1 is 0.952 bits per heavy atom. The Labute approximate surface area is 128 Å². The molecule has 0 radical (unpaired) electrons. The van der Waals surface area contributed by atoms with Crippen LogP contribution in [0.25, 0.3) is 0 Å². The highest BCUT2D eigenvalue weighted by molar-refractivity contribution is 5.93.